The van der Waals surface area contributed by atoms with Crippen LogP contribution in [0.15, 0.2) is 22.7 Å². The van der Waals surface area contributed by atoms with Gasteiger partial charge in [-0.2, -0.15) is 0 Å². The number of rotatable bonds is 4. The number of nitrogens with zero attached hydrogens (tertiary/aromatic N) is 1. The Morgan fingerprint density at radius 3 is 2.50 bits per heavy atom. The minimum absolute atomic E-state index is 0.179. The van der Waals surface area contributed by atoms with Gasteiger partial charge < -0.3 is 9.63 Å². The van der Waals surface area contributed by atoms with Crippen molar-refractivity contribution in [2.24, 2.45) is 0 Å². The SMILES string of the molecule is Cc1cc(C)c(-c2cc(CCCO)on2)cc1C. The number of aryl methyl sites for hydroxylation is 4. The van der Waals surface area contributed by atoms with E-state index in [1.165, 1.54) is 16.7 Å². The third-order valence-corrected chi connectivity index (χ3v) is 3.26. The van der Waals surface area contributed by atoms with Crippen molar-refractivity contribution < 1.29 is 9.63 Å². The average molecular weight is 245 g/mol. The minimum Gasteiger partial charge on any atom is -0.396 e. The fourth-order valence-electron chi connectivity index (χ4n) is 2.05. The maximum absolute atomic E-state index is 8.80. The summed E-state index contributed by atoms with van der Waals surface area (Å²) in [4.78, 5) is 0. The number of aliphatic hydroxyl groups excluding tert-OH is 1. The predicted octanol–water partition coefficient (Wildman–Crippen LogP) is 3.19. The molecule has 0 aliphatic rings. The molecule has 0 aliphatic heterocycles. The lowest BCUT2D eigenvalue weighted by Gasteiger charge is -2.06. The molecule has 96 valence electrons. The molecule has 1 aromatic carbocycles. The van der Waals surface area contributed by atoms with Gasteiger partial charge in [0, 0.05) is 24.7 Å². The highest BCUT2D eigenvalue weighted by molar-refractivity contribution is 5.65. The van der Waals surface area contributed by atoms with Crippen molar-refractivity contribution in [3.8, 4) is 11.3 Å². The van der Waals surface area contributed by atoms with E-state index in [9.17, 15) is 0 Å². The fourth-order valence-corrected chi connectivity index (χ4v) is 2.05. The Morgan fingerprint density at radius 1 is 1.06 bits per heavy atom. The molecular formula is C15H19NO2. The third-order valence-electron chi connectivity index (χ3n) is 3.26. The molecule has 0 saturated heterocycles. The van der Waals surface area contributed by atoms with Gasteiger partial charge in [0.15, 0.2) is 0 Å². The van der Waals surface area contributed by atoms with Crippen molar-refractivity contribution in [2.75, 3.05) is 6.61 Å². The monoisotopic (exact) mass is 245 g/mol. The highest BCUT2D eigenvalue weighted by Gasteiger charge is 2.10. The molecule has 3 heteroatoms. The van der Waals surface area contributed by atoms with E-state index in [0.29, 0.717) is 6.42 Å². The molecule has 2 rings (SSSR count). The summed E-state index contributed by atoms with van der Waals surface area (Å²) in [6.07, 6.45) is 1.44. The van der Waals surface area contributed by atoms with Crippen LogP contribution < -0.4 is 0 Å². The molecule has 3 nitrogen and oxygen atoms in total. The summed E-state index contributed by atoms with van der Waals surface area (Å²) >= 11 is 0. The van der Waals surface area contributed by atoms with Crippen LogP contribution in [-0.2, 0) is 6.42 Å². The van der Waals surface area contributed by atoms with Gasteiger partial charge in [0.05, 0.1) is 0 Å². The lowest BCUT2D eigenvalue weighted by atomic mass is 9.98. The van der Waals surface area contributed by atoms with Gasteiger partial charge >= 0.3 is 0 Å². The van der Waals surface area contributed by atoms with E-state index in [0.717, 1.165) is 23.4 Å². The zero-order valence-electron chi connectivity index (χ0n) is 11.2. The summed E-state index contributed by atoms with van der Waals surface area (Å²) in [5.74, 6) is 0.830. The molecule has 0 fully saturated rings. The molecule has 0 radical (unpaired) electrons. The molecule has 1 aromatic heterocycles. The van der Waals surface area contributed by atoms with Crippen molar-refractivity contribution in [3.63, 3.8) is 0 Å². The number of hydrogen-bond donors (Lipinski definition) is 1. The van der Waals surface area contributed by atoms with Crippen LogP contribution in [0.25, 0.3) is 11.3 Å². The lowest BCUT2D eigenvalue weighted by molar-refractivity contribution is 0.280. The van der Waals surface area contributed by atoms with E-state index in [1.807, 2.05) is 6.07 Å². The number of aliphatic hydroxyl groups is 1. The van der Waals surface area contributed by atoms with Gasteiger partial charge in [-0.15, -0.1) is 0 Å². The largest absolute Gasteiger partial charge is 0.396 e. The first-order valence-electron chi connectivity index (χ1n) is 6.26. The molecule has 0 saturated carbocycles. The predicted molar refractivity (Wildman–Crippen MR) is 71.6 cm³/mol. The number of aromatic nitrogens is 1. The highest BCUT2D eigenvalue weighted by atomic mass is 16.5. The van der Waals surface area contributed by atoms with E-state index in [4.69, 9.17) is 9.63 Å². The molecule has 1 heterocycles. The fraction of sp³-hybridized carbons (Fsp3) is 0.400. The zero-order chi connectivity index (χ0) is 13.1. The van der Waals surface area contributed by atoms with E-state index >= 15 is 0 Å². The van der Waals surface area contributed by atoms with Crippen molar-refractivity contribution in [2.45, 2.75) is 33.6 Å². The normalized spacial score (nSPS) is 10.9. The second kappa shape index (κ2) is 5.36. The smallest absolute Gasteiger partial charge is 0.137 e. The standard InChI is InChI=1S/C15H19NO2/c1-10-7-12(3)14(8-11(10)2)15-9-13(18-16-15)5-4-6-17/h7-9,17H,4-6H2,1-3H3. The van der Waals surface area contributed by atoms with Crippen molar-refractivity contribution in [1.29, 1.82) is 0 Å². The summed E-state index contributed by atoms with van der Waals surface area (Å²) in [6, 6.07) is 6.29. The molecule has 0 aliphatic carbocycles. The summed E-state index contributed by atoms with van der Waals surface area (Å²) in [5.41, 5.74) is 5.76. The first kappa shape index (κ1) is 12.8. The molecular weight excluding hydrogens is 226 g/mol. The van der Waals surface area contributed by atoms with Crippen LogP contribution in [0.1, 0.15) is 28.9 Å². The summed E-state index contributed by atoms with van der Waals surface area (Å²) < 4.78 is 5.29. The van der Waals surface area contributed by atoms with E-state index < -0.39 is 0 Å². The van der Waals surface area contributed by atoms with E-state index in [-0.39, 0.29) is 6.61 Å². The van der Waals surface area contributed by atoms with Crippen molar-refractivity contribution >= 4 is 0 Å². The third kappa shape index (κ3) is 2.62. The Bertz CT molecular complexity index is 543. The Balaban J connectivity index is 2.31. The topological polar surface area (TPSA) is 46.3 Å². The Labute approximate surface area is 107 Å². The second-order valence-corrected chi connectivity index (χ2v) is 4.76. The van der Waals surface area contributed by atoms with Crippen LogP contribution in [-0.4, -0.2) is 16.9 Å². The second-order valence-electron chi connectivity index (χ2n) is 4.76. The first-order chi connectivity index (χ1) is 8.61. The van der Waals surface area contributed by atoms with Gasteiger partial charge in [-0.25, -0.2) is 0 Å². The van der Waals surface area contributed by atoms with Crippen LogP contribution in [0.5, 0.6) is 0 Å². The molecule has 0 unspecified atom stereocenters. The summed E-state index contributed by atoms with van der Waals surface area (Å²) in [5, 5.41) is 12.9. The van der Waals surface area contributed by atoms with Crippen LogP contribution in [0.2, 0.25) is 0 Å². The van der Waals surface area contributed by atoms with Crippen LogP contribution in [0.4, 0.5) is 0 Å². The first-order valence-corrected chi connectivity index (χ1v) is 6.26. The molecule has 2 aromatic rings. The van der Waals surface area contributed by atoms with Gasteiger partial charge in [-0.1, -0.05) is 11.2 Å². The lowest BCUT2D eigenvalue weighted by Crippen LogP contribution is -1.89. The average Bonchev–Trinajstić information content (AvgIpc) is 2.79. The van der Waals surface area contributed by atoms with Gasteiger partial charge in [0.2, 0.25) is 0 Å². The van der Waals surface area contributed by atoms with Crippen molar-refractivity contribution in [1.82, 2.24) is 5.16 Å². The van der Waals surface area contributed by atoms with Gasteiger partial charge in [0.1, 0.15) is 11.5 Å². The zero-order valence-corrected chi connectivity index (χ0v) is 11.2. The van der Waals surface area contributed by atoms with Crippen LogP contribution >= 0.6 is 0 Å². The van der Waals surface area contributed by atoms with Gasteiger partial charge in [-0.05, 0) is 49.9 Å². The molecule has 18 heavy (non-hydrogen) atoms. The molecule has 0 spiro atoms. The summed E-state index contributed by atoms with van der Waals surface area (Å²) in [7, 11) is 0. The highest BCUT2D eigenvalue weighted by Crippen LogP contribution is 2.26. The molecule has 1 N–H and O–H groups in total. The van der Waals surface area contributed by atoms with Crippen LogP contribution in [0.3, 0.4) is 0 Å². The Kier molecular flexibility index (Phi) is 3.82. The Morgan fingerprint density at radius 2 is 1.78 bits per heavy atom. The summed E-state index contributed by atoms with van der Waals surface area (Å²) in [6.45, 7) is 6.48. The Hall–Kier alpha value is -1.61. The van der Waals surface area contributed by atoms with E-state index in [2.05, 4.69) is 38.1 Å². The molecule has 0 atom stereocenters. The van der Waals surface area contributed by atoms with Crippen LogP contribution in [0, 0.1) is 20.8 Å². The van der Waals surface area contributed by atoms with Crippen molar-refractivity contribution in [3.05, 3.63) is 40.6 Å². The maximum Gasteiger partial charge on any atom is 0.137 e. The number of benzene rings is 1. The van der Waals surface area contributed by atoms with Gasteiger partial charge in [0.25, 0.3) is 0 Å². The minimum atomic E-state index is 0.179. The van der Waals surface area contributed by atoms with Gasteiger partial charge in [-0.3, -0.25) is 0 Å². The molecule has 0 amide bonds. The molecule has 0 bridgehead atoms. The maximum atomic E-state index is 8.80. The number of hydrogen-bond acceptors (Lipinski definition) is 3. The van der Waals surface area contributed by atoms with E-state index in [1.54, 1.807) is 0 Å². The quantitative estimate of drug-likeness (QED) is 0.899.